The fourth-order valence-corrected chi connectivity index (χ4v) is 2.85. The molecule has 0 spiro atoms. The van der Waals surface area contributed by atoms with Gasteiger partial charge in [0.1, 0.15) is 11.4 Å². The van der Waals surface area contributed by atoms with Gasteiger partial charge in [0, 0.05) is 12.1 Å². The van der Waals surface area contributed by atoms with Crippen LogP contribution in [0.1, 0.15) is 27.3 Å². The van der Waals surface area contributed by atoms with Gasteiger partial charge in [0.15, 0.2) is 6.61 Å². The molecular weight excluding hydrogens is 361 g/mol. The van der Waals surface area contributed by atoms with Crippen LogP contribution >= 0.6 is 0 Å². The van der Waals surface area contributed by atoms with E-state index in [-0.39, 0.29) is 6.54 Å². The lowest BCUT2D eigenvalue weighted by Gasteiger charge is -2.08. The van der Waals surface area contributed by atoms with Gasteiger partial charge < -0.3 is 10.1 Å². The van der Waals surface area contributed by atoms with Crippen molar-refractivity contribution in [2.75, 3.05) is 6.61 Å². The Kier molecular flexibility index (Phi) is 5.84. The number of hydrogen-bond donors (Lipinski definition) is 1. The molecule has 6 nitrogen and oxygen atoms in total. The van der Waals surface area contributed by atoms with Crippen molar-refractivity contribution in [3.8, 4) is 5.69 Å². The lowest BCUT2D eigenvalue weighted by molar-refractivity contribution is -0.124. The average Bonchev–Trinajstić information content (AvgIpc) is 3.00. The molecule has 1 amide bonds. The molecule has 0 aliphatic carbocycles. The molecule has 0 radical (unpaired) electrons. The van der Waals surface area contributed by atoms with Crippen LogP contribution in [-0.4, -0.2) is 28.3 Å². The van der Waals surface area contributed by atoms with Crippen molar-refractivity contribution in [3.05, 3.63) is 82.9 Å². The molecule has 0 bridgehead atoms. The highest BCUT2D eigenvalue weighted by Gasteiger charge is 2.21. The van der Waals surface area contributed by atoms with Gasteiger partial charge in [-0.05, 0) is 32.0 Å². The van der Waals surface area contributed by atoms with Crippen LogP contribution in [-0.2, 0) is 16.1 Å². The van der Waals surface area contributed by atoms with E-state index in [2.05, 4.69) is 10.4 Å². The van der Waals surface area contributed by atoms with Crippen LogP contribution < -0.4 is 5.32 Å². The zero-order valence-electron chi connectivity index (χ0n) is 15.6. The lowest BCUT2D eigenvalue weighted by Crippen LogP contribution is -2.28. The van der Waals surface area contributed by atoms with Crippen molar-refractivity contribution in [1.82, 2.24) is 15.1 Å². The number of nitrogens with zero attached hydrogens (tertiary/aromatic N) is 2. The number of esters is 1. The number of ether oxygens (including phenoxy) is 1. The van der Waals surface area contributed by atoms with Crippen molar-refractivity contribution in [1.29, 1.82) is 0 Å². The molecule has 0 unspecified atom stereocenters. The van der Waals surface area contributed by atoms with Gasteiger partial charge >= 0.3 is 5.97 Å². The zero-order chi connectivity index (χ0) is 20.1. The number of carbonyl (C=O) groups excluding carboxylic acids is 2. The smallest absolute Gasteiger partial charge is 0.342 e. The van der Waals surface area contributed by atoms with Gasteiger partial charge in [0.25, 0.3) is 5.91 Å². The Morgan fingerprint density at radius 3 is 2.46 bits per heavy atom. The number of nitrogens with one attached hydrogen (secondary N) is 1. The van der Waals surface area contributed by atoms with Gasteiger partial charge in [0.2, 0.25) is 0 Å². The molecule has 2 aromatic carbocycles. The van der Waals surface area contributed by atoms with E-state index in [1.807, 2.05) is 30.3 Å². The summed E-state index contributed by atoms with van der Waals surface area (Å²) < 4.78 is 20.3. The third-order valence-corrected chi connectivity index (χ3v) is 4.26. The van der Waals surface area contributed by atoms with Crippen molar-refractivity contribution in [2.45, 2.75) is 20.4 Å². The number of rotatable bonds is 6. The summed E-state index contributed by atoms with van der Waals surface area (Å²) in [6.45, 7) is 3.04. The molecule has 3 rings (SSSR count). The van der Waals surface area contributed by atoms with E-state index < -0.39 is 24.3 Å². The number of aromatic nitrogens is 2. The Morgan fingerprint density at radius 2 is 1.75 bits per heavy atom. The van der Waals surface area contributed by atoms with Gasteiger partial charge in [-0.25, -0.2) is 13.9 Å². The highest BCUT2D eigenvalue weighted by molar-refractivity contribution is 5.93. The maximum Gasteiger partial charge on any atom is 0.342 e. The second-order valence-corrected chi connectivity index (χ2v) is 6.24. The first-order valence-electron chi connectivity index (χ1n) is 8.76. The number of aryl methyl sites for hydroxylation is 1. The van der Waals surface area contributed by atoms with Gasteiger partial charge in [-0.15, -0.1) is 0 Å². The second-order valence-electron chi connectivity index (χ2n) is 6.24. The molecule has 0 aliphatic rings. The Morgan fingerprint density at radius 1 is 1.07 bits per heavy atom. The summed E-state index contributed by atoms with van der Waals surface area (Å²) in [7, 11) is 0. The van der Waals surface area contributed by atoms with Crippen LogP contribution in [0.25, 0.3) is 5.69 Å². The zero-order valence-corrected chi connectivity index (χ0v) is 15.6. The average molecular weight is 381 g/mol. The molecule has 7 heteroatoms. The van der Waals surface area contributed by atoms with E-state index in [4.69, 9.17) is 4.74 Å². The second kappa shape index (κ2) is 8.47. The van der Waals surface area contributed by atoms with Crippen LogP contribution in [0.2, 0.25) is 0 Å². The minimum Gasteiger partial charge on any atom is -0.452 e. The van der Waals surface area contributed by atoms with Crippen LogP contribution in [0.3, 0.4) is 0 Å². The van der Waals surface area contributed by atoms with Crippen LogP contribution in [0, 0.1) is 19.7 Å². The Bertz CT molecular complexity index is 999. The van der Waals surface area contributed by atoms with E-state index in [1.165, 1.54) is 6.07 Å². The van der Waals surface area contributed by atoms with E-state index in [0.29, 0.717) is 22.5 Å². The fraction of sp³-hybridized carbons (Fsp3) is 0.190. The van der Waals surface area contributed by atoms with Crippen molar-refractivity contribution < 1.29 is 18.7 Å². The first kappa shape index (κ1) is 19.3. The summed E-state index contributed by atoms with van der Waals surface area (Å²) in [6, 6.07) is 15.6. The first-order valence-corrected chi connectivity index (χ1v) is 8.76. The molecule has 1 aromatic heterocycles. The SMILES string of the molecule is Cc1nn(-c2ccccc2)c(C)c1C(=O)OCC(=O)NCc1ccccc1F. The van der Waals surface area contributed by atoms with Crippen molar-refractivity contribution >= 4 is 11.9 Å². The quantitative estimate of drug-likeness (QED) is 0.666. The number of carbonyl (C=O) groups is 2. The highest BCUT2D eigenvalue weighted by atomic mass is 19.1. The summed E-state index contributed by atoms with van der Waals surface area (Å²) in [5, 5.41) is 6.92. The van der Waals surface area contributed by atoms with Crippen molar-refractivity contribution in [2.24, 2.45) is 0 Å². The number of hydrogen-bond acceptors (Lipinski definition) is 4. The number of benzene rings is 2. The van der Waals surface area contributed by atoms with E-state index >= 15 is 0 Å². The molecule has 144 valence electrons. The molecule has 1 N–H and O–H groups in total. The summed E-state index contributed by atoms with van der Waals surface area (Å²) in [5.74, 6) is -1.54. The van der Waals surface area contributed by atoms with E-state index in [9.17, 15) is 14.0 Å². The fourth-order valence-electron chi connectivity index (χ4n) is 2.85. The normalized spacial score (nSPS) is 10.5. The summed E-state index contributed by atoms with van der Waals surface area (Å²) in [6.07, 6.45) is 0. The maximum absolute atomic E-state index is 13.6. The van der Waals surface area contributed by atoms with Gasteiger partial charge in [-0.1, -0.05) is 36.4 Å². The topological polar surface area (TPSA) is 73.2 Å². The molecule has 3 aromatic rings. The Labute approximate surface area is 161 Å². The van der Waals surface area contributed by atoms with Gasteiger partial charge in [-0.3, -0.25) is 4.79 Å². The van der Waals surface area contributed by atoms with Crippen LogP contribution in [0.4, 0.5) is 4.39 Å². The monoisotopic (exact) mass is 381 g/mol. The number of halogens is 1. The van der Waals surface area contributed by atoms with Gasteiger partial charge in [-0.2, -0.15) is 5.10 Å². The largest absolute Gasteiger partial charge is 0.452 e. The minimum absolute atomic E-state index is 0.0209. The molecule has 0 saturated carbocycles. The molecule has 0 atom stereocenters. The molecule has 0 aliphatic heterocycles. The van der Waals surface area contributed by atoms with Crippen LogP contribution in [0.15, 0.2) is 54.6 Å². The molecular formula is C21H20FN3O3. The van der Waals surface area contributed by atoms with Gasteiger partial charge in [0.05, 0.1) is 17.1 Å². The lowest BCUT2D eigenvalue weighted by atomic mass is 10.2. The molecule has 1 heterocycles. The minimum atomic E-state index is -0.627. The predicted molar refractivity (Wildman–Crippen MR) is 102 cm³/mol. The number of para-hydroxylation sites is 1. The molecule has 0 saturated heterocycles. The molecule has 28 heavy (non-hydrogen) atoms. The first-order chi connectivity index (χ1) is 13.5. The Hall–Kier alpha value is -3.48. The van der Waals surface area contributed by atoms with E-state index in [1.54, 1.807) is 36.7 Å². The summed E-state index contributed by atoms with van der Waals surface area (Å²) in [4.78, 5) is 24.4. The van der Waals surface area contributed by atoms with E-state index in [0.717, 1.165) is 5.69 Å². The Balaban J connectivity index is 1.61. The van der Waals surface area contributed by atoms with Crippen LogP contribution in [0.5, 0.6) is 0 Å². The molecule has 0 fully saturated rings. The summed E-state index contributed by atoms with van der Waals surface area (Å²) >= 11 is 0. The third kappa shape index (κ3) is 4.25. The third-order valence-electron chi connectivity index (χ3n) is 4.26. The highest BCUT2D eigenvalue weighted by Crippen LogP contribution is 2.18. The standard InChI is InChI=1S/C21H20FN3O3/c1-14-20(15(2)25(24-14)17-9-4-3-5-10-17)21(27)28-13-19(26)23-12-16-8-6-7-11-18(16)22/h3-11H,12-13H2,1-2H3,(H,23,26). The number of amides is 1. The maximum atomic E-state index is 13.6. The summed E-state index contributed by atoms with van der Waals surface area (Å²) in [5.41, 5.74) is 2.65. The van der Waals surface area contributed by atoms with Crippen molar-refractivity contribution in [3.63, 3.8) is 0 Å². The predicted octanol–water partition coefficient (Wildman–Crippen LogP) is 3.10.